The zero-order valence-corrected chi connectivity index (χ0v) is 39.1. The van der Waals surface area contributed by atoms with Gasteiger partial charge in [-0.15, -0.1) is 0 Å². The van der Waals surface area contributed by atoms with Crippen molar-refractivity contribution in [3.8, 4) is 0 Å². The molecule has 61 heavy (non-hydrogen) atoms. The molecular formula is C46H64F2N4O7S2. The van der Waals surface area contributed by atoms with Crippen molar-refractivity contribution >= 4 is 31.9 Å². The van der Waals surface area contributed by atoms with Gasteiger partial charge in [0.25, 0.3) is 10.0 Å². The molecule has 11 nitrogen and oxygen atoms in total. The Morgan fingerprint density at radius 1 is 0.590 bits per heavy atom. The fraction of sp³-hybridized carbons (Fsp3) is 0.435. The van der Waals surface area contributed by atoms with E-state index in [0.717, 1.165) is 45.5 Å². The highest BCUT2D eigenvalue weighted by atomic mass is 32.2. The van der Waals surface area contributed by atoms with Gasteiger partial charge in [0, 0.05) is 13.1 Å². The number of carboxylic acid groups (broad SMARTS) is 1. The molecule has 0 saturated carbocycles. The fourth-order valence-electron chi connectivity index (χ4n) is 6.67. The number of sulfonamides is 2. The molecule has 0 unspecified atom stereocenters. The molecule has 0 aliphatic carbocycles. The predicted molar refractivity (Wildman–Crippen MR) is 239 cm³/mol. The number of rotatable bonds is 15. The Bertz CT molecular complexity index is 2250. The minimum Gasteiger partial charge on any atom is -0.481 e. The van der Waals surface area contributed by atoms with Gasteiger partial charge in [-0.3, -0.25) is 9.59 Å². The summed E-state index contributed by atoms with van der Waals surface area (Å²) < 4.78 is 76.9. The first-order chi connectivity index (χ1) is 28.1. The van der Waals surface area contributed by atoms with Crippen LogP contribution in [0.15, 0.2) is 82.6 Å². The Hall–Kier alpha value is -4.54. The van der Waals surface area contributed by atoms with Crippen LogP contribution in [0.25, 0.3) is 0 Å². The average molecular weight is 887 g/mol. The van der Waals surface area contributed by atoms with E-state index in [1.54, 1.807) is 24.3 Å². The van der Waals surface area contributed by atoms with E-state index in [0.29, 0.717) is 12.1 Å². The Kier molecular flexibility index (Phi) is 19.9. The Morgan fingerprint density at radius 3 is 1.18 bits per heavy atom. The number of hydrogen-bond donors (Lipinski definition) is 3. The highest BCUT2D eigenvalue weighted by Gasteiger charge is 2.23. The number of aliphatic carboxylic acids is 1. The van der Waals surface area contributed by atoms with Crippen molar-refractivity contribution in [2.24, 2.45) is 5.14 Å². The van der Waals surface area contributed by atoms with Crippen molar-refractivity contribution in [2.45, 2.75) is 115 Å². The molecule has 1 amide bonds. The monoisotopic (exact) mass is 886 g/mol. The number of hydrogen-bond acceptors (Lipinski definition) is 8. The van der Waals surface area contributed by atoms with E-state index >= 15 is 0 Å². The van der Waals surface area contributed by atoms with Crippen LogP contribution in [0, 0.1) is 11.6 Å². The van der Waals surface area contributed by atoms with Crippen LogP contribution in [-0.4, -0.2) is 71.8 Å². The summed E-state index contributed by atoms with van der Waals surface area (Å²) in [5.41, 5.74) is 6.53. The number of benzene rings is 4. The number of nitrogens with zero attached hydrogens (tertiary/aromatic N) is 2. The summed E-state index contributed by atoms with van der Waals surface area (Å²) in [6.07, 6.45) is -0.166. The minimum absolute atomic E-state index is 0.00171. The summed E-state index contributed by atoms with van der Waals surface area (Å²) in [6, 6.07) is 18.8. The molecule has 0 saturated heterocycles. The summed E-state index contributed by atoms with van der Waals surface area (Å²) in [5.74, 6) is -1.90. The lowest BCUT2D eigenvalue weighted by molar-refractivity contribution is -0.136. The van der Waals surface area contributed by atoms with Crippen LogP contribution < -0.4 is 9.86 Å². The number of carbonyl (C=O) groups is 2. The Labute approximate surface area is 362 Å². The molecule has 0 atom stereocenters. The van der Waals surface area contributed by atoms with Gasteiger partial charge in [-0.25, -0.2) is 35.5 Å². The SMILES string of the molecule is CC(C)c1cc(F)cc(C(C)C)c1CC(=O)NS(=O)(=O)c1ccc(CN(C)C)cc1.CC(C)c1cc(F)cc(C(C)C)c1CC(=O)O.CN(C)Cc1ccc(S(N)(=O)=O)cc1. The van der Waals surface area contributed by atoms with Gasteiger partial charge in [-0.05, 0) is 145 Å². The maximum Gasteiger partial charge on any atom is 0.307 e. The van der Waals surface area contributed by atoms with Crippen molar-refractivity contribution in [3.63, 3.8) is 0 Å². The van der Waals surface area contributed by atoms with Gasteiger partial charge < -0.3 is 14.9 Å². The lowest BCUT2D eigenvalue weighted by Gasteiger charge is -2.20. The maximum atomic E-state index is 14.1. The summed E-state index contributed by atoms with van der Waals surface area (Å²) in [5, 5.41) is 13.9. The lowest BCUT2D eigenvalue weighted by Crippen LogP contribution is -2.32. The topological polar surface area (TPSA) is 167 Å². The number of carbonyl (C=O) groups excluding carboxylic acids is 1. The van der Waals surface area contributed by atoms with E-state index in [2.05, 4.69) is 4.72 Å². The molecular weight excluding hydrogens is 823 g/mol. The standard InChI is InChI=1S/C23H31FN2O3S.C14H19FO2.C9H14N2O2S/c1-15(2)20-11-18(24)12-21(16(3)4)22(20)13-23(27)25-30(28,29)19-9-7-17(8-10-19)14-26(5)6;1-8(2)11-5-10(15)6-12(9(3)4)13(11)7-14(16)17;1-11(2)7-8-3-5-9(6-4-8)14(10,12)13/h7-12,15-16H,13-14H2,1-6H3,(H,25,27);5-6,8-9H,7H2,1-4H3,(H,16,17);3-6H,7H2,1-2H3,(H2,10,12,13). The third-order valence-electron chi connectivity index (χ3n) is 9.45. The van der Waals surface area contributed by atoms with Crippen molar-refractivity contribution in [2.75, 3.05) is 28.2 Å². The second-order valence-corrected chi connectivity index (χ2v) is 20.1. The van der Waals surface area contributed by atoms with Crippen LogP contribution in [0.1, 0.15) is 124 Å². The largest absolute Gasteiger partial charge is 0.481 e. The first-order valence-corrected chi connectivity index (χ1v) is 23.1. The zero-order chi connectivity index (χ0) is 46.6. The summed E-state index contributed by atoms with van der Waals surface area (Å²) >= 11 is 0. The molecule has 0 radical (unpaired) electrons. The third-order valence-corrected chi connectivity index (χ3v) is 11.8. The molecule has 336 valence electrons. The maximum absolute atomic E-state index is 14.1. The first-order valence-electron chi connectivity index (χ1n) is 20.0. The molecule has 4 aromatic rings. The number of nitrogens with one attached hydrogen (secondary N) is 1. The fourth-order valence-corrected chi connectivity index (χ4v) is 8.17. The number of amides is 1. The van der Waals surface area contributed by atoms with Crippen LogP contribution in [0.5, 0.6) is 0 Å². The van der Waals surface area contributed by atoms with E-state index in [1.807, 2.05) is 93.4 Å². The lowest BCUT2D eigenvalue weighted by atomic mass is 9.87. The minimum atomic E-state index is -3.99. The number of primary sulfonamides is 1. The first kappa shape index (κ1) is 52.6. The summed E-state index contributed by atoms with van der Waals surface area (Å²) in [6.45, 7) is 17.0. The second-order valence-electron chi connectivity index (χ2n) is 16.8. The summed E-state index contributed by atoms with van der Waals surface area (Å²) in [7, 11) is 0.211. The third kappa shape index (κ3) is 17.0. The number of nitrogens with two attached hydrogens (primary N) is 1. The van der Waals surface area contributed by atoms with Crippen molar-refractivity contribution in [1.29, 1.82) is 0 Å². The molecule has 4 aromatic carbocycles. The van der Waals surface area contributed by atoms with E-state index in [4.69, 9.17) is 10.2 Å². The molecule has 0 aromatic heterocycles. The molecule has 15 heteroatoms. The van der Waals surface area contributed by atoms with Gasteiger partial charge in [0.2, 0.25) is 15.9 Å². The van der Waals surface area contributed by atoms with Crippen LogP contribution in [-0.2, 0) is 55.6 Å². The number of carboxylic acids is 1. The molecule has 0 bridgehead atoms. The molecule has 0 fully saturated rings. The molecule has 0 aliphatic heterocycles. The molecule has 4 rings (SSSR count). The van der Waals surface area contributed by atoms with Crippen LogP contribution >= 0.6 is 0 Å². The van der Waals surface area contributed by atoms with Gasteiger partial charge in [0.1, 0.15) is 11.6 Å². The predicted octanol–water partition coefficient (Wildman–Crippen LogP) is 8.28. The molecule has 0 spiro atoms. The Balaban J connectivity index is 0.000000348. The molecule has 4 N–H and O–H groups in total. The van der Waals surface area contributed by atoms with Gasteiger partial charge in [0.15, 0.2) is 0 Å². The zero-order valence-electron chi connectivity index (χ0n) is 37.5. The quantitative estimate of drug-likeness (QED) is 0.106. The van der Waals surface area contributed by atoms with Crippen molar-refractivity contribution in [3.05, 3.63) is 129 Å². The smallest absolute Gasteiger partial charge is 0.307 e. The number of halogens is 2. The van der Waals surface area contributed by atoms with Gasteiger partial charge in [0.05, 0.1) is 22.6 Å². The second kappa shape index (κ2) is 23.1. The van der Waals surface area contributed by atoms with Crippen molar-refractivity contribution < 1.29 is 40.3 Å². The Morgan fingerprint density at radius 2 is 0.902 bits per heavy atom. The highest BCUT2D eigenvalue weighted by Crippen LogP contribution is 2.31. The van der Waals surface area contributed by atoms with E-state index in [9.17, 15) is 35.2 Å². The highest BCUT2D eigenvalue weighted by molar-refractivity contribution is 7.90. The average Bonchev–Trinajstić information content (AvgIpc) is 3.12. The summed E-state index contributed by atoms with van der Waals surface area (Å²) in [4.78, 5) is 27.7. The molecule has 0 aliphatic rings. The van der Waals surface area contributed by atoms with Gasteiger partial charge in [-0.2, -0.15) is 0 Å². The normalized spacial score (nSPS) is 11.8. The van der Waals surface area contributed by atoms with Crippen LogP contribution in [0.4, 0.5) is 8.78 Å². The van der Waals surface area contributed by atoms with E-state index < -0.39 is 31.9 Å². The van der Waals surface area contributed by atoms with Crippen LogP contribution in [0.2, 0.25) is 0 Å². The molecule has 0 heterocycles. The van der Waals surface area contributed by atoms with E-state index in [-0.39, 0.29) is 57.9 Å². The van der Waals surface area contributed by atoms with E-state index in [1.165, 1.54) is 48.5 Å². The van der Waals surface area contributed by atoms with Gasteiger partial charge >= 0.3 is 5.97 Å². The van der Waals surface area contributed by atoms with Crippen LogP contribution in [0.3, 0.4) is 0 Å². The van der Waals surface area contributed by atoms with Crippen molar-refractivity contribution in [1.82, 2.24) is 14.5 Å². The van der Waals surface area contributed by atoms with Gasteiger partial charge in [-0.1, -0.05) is 79.7 Å².